The van der Waals surface area contributed by atoms with Crippen LogP contribution in [0.3, 0.4) is 0 Å². The summed E-state index contributed by atoms with van der Waals surface area (Å²) in [5.41, 5.74) is 4.18. The van der Waals surface area contributed by atoms with Crippen molar-refractivity contribution in [2.75, 3.05) is 30.9 Å². The number of para-hydroxylation sites is 1. The highest BCUT2D eigenvalue weighted by molar-refractivity contribution is 7.67. The molecule has 0 spiro atoms. The Morgan fingerprint density at radius 3 is 1.91 bits per heavy atom. The standard InChI is InChI=1S/C28H37N2O2P/c1-21(2)20-32-33(31,27-18-16-26(17-19-27)30(5)6)28(29-25-10-8-7-9-11-25)24-14-12-23(13-15-24)22(3)4/h7-19,21-22,28-29H,20H2,1-6H3/t28-,33-/m1/s1. The lowest BCUT2D eigenvalue weighted by molar-refractivity contribution is 0.272. The Kier molecular flexibility index (Phi) is 8.40. The Hall–Kier alpha value is -2.55. The highest BCUT2D eigenvalue weighted by Crippen LogP contribution is 2.59. The Bertz CT molecular complexity index is 1050. The molecule has 0 aliphatic carbocycles. The summed E-state index contributed by atoms with van der Waals surface area (Å²) in [6.07, 6.45) is 0. The molecule has 0 unspecified atom stereocenters. The first kappa shape index (κ1) is 25.1. The van der Waals surface area contributed by atoms with Gasteiger partial charge < -0.3 is 14.7 Å². The average Bonchev–Trinajstić information content (AvgIpc) is 2.82. The largest absolute Gasteiger partial charge is 0.378 e. The fraction of sp³-hybridized carbons (Fsp3) is 0.357. The van der Waals surface area contributed by atoms with E-state index in [0.29, 0.717) is 12.5 Å². The number of hydrogen-bond donors (Lipinski definition) is 1. The third-order valence-corrected chi connectivity index (χ3v) is 8.32. The molecule has 3 aromatic carbocycles. The number of hydrogen-bond acceptors (Lipinski definition) is 4. The maximum Gasteiger partial charge on any atom is 0.258 e. The third kappa shape index (κ3) is 6.28. The van der Waals surface area contributed by atoms with Crippen LogP contribution < -0.4 is 15.5 Å². The Morgan fingerprint density at radius 2 is 1.39 bits per heavy atom. The van der Waals surface area contributed by atoms with Gasteiger partial charge in [-0.25, -0.2) is 0 Å². The second kappa shape index (κ2) is 11.0. The minimum absolute atomic E-state index is 0.264. The Morgan fingerprint density at radius 1 is 0.818 bits per heavy atom. The van der Waals surface area contributed by atoms with Gasteiger partial charge in [-0.05, 0) is 59.4 Å². The highest BCUT2D eigenvalue weighted by Gasteiger charge is 2.38. The molecule has 0 saturated carbocycles. The Labute approximate surface area is 199 Å². The van der Waals surface area contributed by atoms with Crippen molar-refractivity contribution in [3.8, 4) is 0 Å². The van der Waals surface area contributed by atoms with Gasteiger partial charge in [0, 0.05) is 30.8 Å². The van der Waals surface area contributed by atoms with Crippen molar-refractivity contribution in [1.82, 2.24) is 0 Å². The molecular weight excluding hydrogens is 427 g/mol. The second-order valence-corrected chi connectivity index (χ2v) is 11.9. The molecule has 0 aliphatic heterocycles. The maximum atomic E-state index is 14.8. The van der Waals surface area contributed by atoms with Crippen LogP contribution >= 0.6 is 7.37 Å². The van der Waals surface area contributed by atoms with Crippen LogP contribution in [0.2, 0.25) is 0 Å². The van der Waals surface area contributed by atoms with Crippen molar-refractivity contribution in [3.63, 3.8) is 0 Å². The lowest BCUT2D eigenvalue weighted by Crippen LogP contribution is -2.22. The zero-order valence-corrected chi connectivity index (χ0v) is 21.6. The summed E-state index contributed by atoms with van der Waals surface area (Å²) in [4.78, 5) is 2.04. The van der Waals surface area contributed by atoms with Gasteiger partial charge in [0.1, 0.15) is 5.78 Å². The van der Waals surface area contributed by atoms with Crippen LogP contribution in [0, 0.1) is 5.92 Å². The zero-order chi connectivity index (χ0) is 24.0. The van der Waals surface area contributed by atoms with Crippen LogP contribution in [0.1, 0.15) is 50.5 Å². The highest BCUT2D eigenvalue weighted by atomic mass is 31.2. The van der Waals surface area contributed by atoms with Crippen LogP contribution in [0.15, 0.2) is 78.9 Å². The van der Waals surface area contributed by atoms with Gasteiger partial charge in [-0.15, -0.1) is 0 Å². The number of rotatable bonds is 10. The van der Waals surface area contributed by atoms with Crippen LogP contribution in [-0.2, 0) is 9.09 Å². The van der Waals surface area contributed by atoms with E-state index in [4.69, 9.17) is 4.52 Å². The van der Waals surface area contributed by atoms with Crippen molar-refractivity contribution in [2.45, 2.75) is 39.4 Å². The molecular formula is C28H37N2O2P. The van der Waals surface area contributed by atoms with Crippen molar-refractivity contribution < 1.29 is 9.09 Å². The molecule has 3 rings (SSSR count). The van der Waals surface area contributed by atoms with E-state index in [1.54, 1.807) is 0 Å². The predicted octanol–water partition coefficient (Wildman–Crippen LogP) is 7.26. The maximum absolute atomic E-state index is 14.8. The first-order valence-electron chi connectivity index (χ1n) is 11.6. The minimum Gasteiger partial charge on any atom is -0.378 e. The SMILES string of the molecule is CC(C)CO[P@](=O)(c1ccc(N(C)C)cc1)[C@@H](Nc1ccccc1)c1ccc(C(C)C)cc1. The molecule has 0 bridgehead atoms. The summed E-state index contributed by atoms with van der Waals surface area (Å²) < 4.78 is 21.1. The van der Waals surface area contributed by atoms with E-state index in [-0.39, 0.29) is 5.92 Å². The molecule has 1 N–H and O–H groups in total. The van der Waals surface area contributed by atoms with E-state index >= 15 is 0 Å². The number of benzene rings is 3. The third-order valence-electron chi connectivity index (χ3n) is 5.66. The lowest BCUT2D eigenvalue weighted by Gasteiger charge is -2.31. The molecule has 0 saturated heterocycles. The van der Waals surface area contributed by atoms with Gasteiger partial charge >= 0.3 is 0 Å². The monoisotopic (exact) mass is 464 g/mol. The zero-order valence-electron chi connectivity index (χ0n) is 20.7. The first-order chi connectivity index (χ1) is 15.7. The summed E-state index contributed by atoms with van der Waals surface area (Å²) in [6, 6.07) is 26.2. The second-order valence-electron chi connectivity index (χ2n) is 9.43. The van der Waals surface area contributed by atoms with Crippen LogP contribution in [0.4, 0.5) is 11.4 Å². The summed E-state index contributed by atoms with van der Waals surface area (Å²) in [6.45, 7) is 8.94. The molecule has 0 heterocycles. The van der Waals surface area contributed by atoms with Gasteiger partial charge in [0.25, 0.3) is 7.37 Å². The number of anilines is 2. The van der Waals surface area contributed by atoms with Crippen molar-refractivity contribution in [2.24, 2.45) is 5.92 Å². The van der Waals surface area contributed by atoms with Crippen molar-refractivity contribution in [3.05, 3.63) is 90.0 Å². The molecule has 0 aliphatic rings. The van der Waals surface area contributed by atoms with Crippen molar-refractivity contribution in [1.29, 1.82) is 0 Å². The first-order valence-corrected chi connectivity index (χ1v) is 13.3. The molecule has 3 aromatic rings. The molecule has 4 nitrogen and oxygen atoms in total. The van der Waals surface area contributed by atoms with Gasteiger partial charge in [-0.2, -0.15) is 0 Å². The van der Waals surface area contributed by atoms with Gasteiger partial charge in [-0.3, -0.25) is 4.57 Å². The average molecular weight is 465 g/mol. The van der Waals surface area contributed by atoms with E-state index in [1.165, 1.54) is 5.56 Å². The molecule has 0 fully saturated rings. The van der Waals surface area contributed by atoms with Gasteiger partial charge in [0.2, 0.25) is 0 Å². The number of nitrogens with one attached hydrogen (secondary N) is 1. The summed E-state index contributed by atoms with van der Waals surface area (Å²) in [5.74, 6) is 0.187. The van der Waals surface area contributed by atoms with E-state index in [9.17, 15) is 4.57 Å². The lowest BCUT2D eigenvalue weighted by atomic mass is 10.0. The van der Waals surface area contributed by atoms with E-state index < -0.39 is 13.2 Å². The van der Waals surface area contributed by atoms with E-state index in [2.05, 4.69) is 57.3 Å². The normalized spacial score (nSPS) is 14.2. The fourth-order valence-corrected chi connectivity index (χ4v) is 6.20. The Balaban J connectivity index is 2.11. The smallest absolute Gasteiger partial charge is 0.258 e. The summed E-state index contributed by atoms with van der Waals surface area (Å²) >= 11 is 0. The van der Waals surface area contributed by atoms with Crippen LogP contribution in [-0.4, -0.2) is 20.7 Å². The summed E-state index contributed by atoms with van der Waals surface area (Å²) in [7, 11) is 0.658. The number of nitrogens with zero attached hydrogens (tertiary/aromatic N) is 1. The molecule has 0 aromatic heterocycles. The van der Waals surface area contributed by atoms with E-state index in [1.807, 2.05) is 73.6 Å². The molecule has 176 valence electrons. The minimum atomic E-state index is -3.34. The van der Waals surface area contributed by atoms with Crippen LogP contribution in [0.25, 0.3) is 0 Å². The molecule has 5 heteroatoms. The van der Waals surface area contributed by atoms with Crippen molar-refractivity contribution >= 4 is 24.0 Å². The summed E-state index contributed by atoms with van der Waals surface area (Å²) in [5, 5.41) is 4.26. The molecule has 0 radical (unpaired) electrons. The van der Waals surface area contributed by atoms with E-state index in [0.717, 1.165) is 22.2 Å². The fourth-order valence-electron chi connectivity index (χ4n) is 3.64. The van der Waals surface area contributed by atoms with Gasteiger partial charge in [-0.1, -0.05) is 70.2 Å². The molecule has 33 heavy (non-hydrogen) atoms. The quantitative estimate of drug-likeness (QED) is 0.321. The van der Waals surface area contributed by atoms with Crippen LogP contribution in [0.5, 0.6) is 0 Å². The topological polar surface area (TPSA) is 41.6 Å². The van der Waals surface area contributed by atoms with Gasteiger partial charge in [0.15, 0.2) is 0 Å². The molecule has 2 atom stereocenters. The van der Waals surface area contributed by atoms with Gasteiger partial charge in [0.05, 0.1) is 6.61 Å². The predicted molar refractivity (Wildman–Crippen MR) is 142 cm³/mol. The molecule has 0 amide bonds.